The summed E-state index contributed by atoms with van der Waals surface area (Å²) < 4.78 is 1.03. The Labute approximate surface area is 84.1 Å². The molecule has 2 heterocycles. The second-order valence-corrected chi connectivity index (χ2v) is 10.0. The monoisotopic (exact) mass is 298 g/mol. The zero-order valence-electron chi connectivity index (χ0n) is 6.16. The van der Waals surface area contributed by atoms with Crippen LogP contribution < -0.4 is 0 Å². The van der Waals surface area contributed by atoms with Crippen molar-refractivity contribution in [2.45, 2.75) is 20.8 Å². The second kappa shape index (κ2) is 4.11. The molecule has 0 nitrogen and oxygen atoms in total. The Hall–Kier alpha value is 0.739. The van der Waals surface area contributed by atoms with E-state index in [0.29, 0.717) is 0 Å². The molecule has 0 N–H and O–H groups in total. The van der Waals surface area contributed by atoms with E-state index in [2.05, 4.69) is 17.5 Å². The van der Waals surface area contributed by atoms with E-state index < -0.39 is 0 Å². The number of thiophene rings is 1. The molecule has 2 rings (SSSR count). The standard InChI is InChI=1S/C8H10SSe2/c1-3-7(9-4-1)8-10-5-2-6-11-8/h1,3-4,8H,2,5-6H2. The van der Waals surface area contributed by atoms with Gasteiger partial charge in [0.15, 0.2) is 0 Å². The Bertz CT molecular complexity index is 202. The summed E-state index contributed by atoms with van der Waals surface area (Å²) in [4.78, 5) is 1.67. The molecule has 3 heteroatoms. The molecular weight excluding hydrogens is 286 g/mol. The molecule has 0 bridgehead atoms. The number of hydrogen-bond donors (Lipinski definition) is 0. The van der Waals surface area contributed by atoms with Crippen molar-refractivity contribution in [3.05, 3.63) is 22.4 Å². The molecule has 1 fully saturated rings. The molecule has 1 aliphatic rings. The maximum absolute atomic E-state index is 2.32. The first-order valence-electron chi connectivity index (χ1n) is 3.73. The van der Waals surface area contributed by atoms with Crippen molar-refractivity contribution in [2.24, 2.45) is 0 Å². The normalized spacial score (nSPS) is 20.4. The Kier molecular flexibility index (Phi) is 3.12. The van der Waals surface area contributed by atoms with Crippen LogP contribution in [0.3, 0.4) is 0 Å². The molecule has 1 aromatic rings. The van der Waals surface area contributed by atoms with Gasteiger partial charge in [0.05, 0.1) is 0 Å². The van der Waals surface area contributed by atoms with Gasteiger partial charge in [-0.25, -0.2) is 0 Å². The van der Waals surface area contributed by atoms with Crippen LogP contribution in [0, 0.1) is 0 Å². The van der Waals surface area contributed by atoms with Gasteiger partial charge in [-0.3, -0.25) is 0 Å². The Morgan fingerprint density at radius 1 is 1.36 bits per heavy atom. The van der Waals surface area contributed by atoms with Crippen molar-refractivity contribution in [3.63, 3.8) is 0 Å². The Balaban J connectivity index is 2.04. The van der Waals surface area contributed by atoms with Gasteiger partial charge in [-0.15, -0.1) is 0 Å². The summed E-state index contributed by atoms with van der Waals surface area (Å²) in [6.45, 7) is 0. The van der Waals surface area contributed by atoms with Crippen molar-refractivity contribution >= 4 is 41.3 Å². The molecule has 11 heavy (non-hydrogen) atoms. The van der Waals surface area contributed by atoms with E-state index in [-0.39, 0.29) is 0 Å². The van der Waals surface area contributed by atoms with Gasteiger partial charge in [0.1, 0.15) is 0 Å². The number of hydrogen-bond acceptors (Lipinski definition) is 1. The second-order valence-electron chi connectivity index (χ2n) is 2.44. The molecule has 1 saturated heterocycles. The minimum atomic E-state index is 0.934. The van der Waals surface area contributed by atoms with Crippen molar-refractivity contribution in [2.75, 3.05) is 0 Å². The van der Waals surface area contributed by atoms with E-state index in [4.69, 9.17) is 0 Å². The minimum absolute atomic E-state index is 0.934. The first-order chi connectivity index (χ1) is 5.47. The van der Waals surface area contributed by atoms with Crippen LogP contribution in [-0.2, 0) is 0 Å². The van der Waals surface area contributed by atoms with E-state index >= 15 is 0 Å². The first-order valence-corrected chi connectivity index (χ1v) is 9.01. The van der Waals surface area contributed by atoms with Gasteiger partial charge in [0, 0.05) is 0 Å². The first kappa shape index (κ1) is 8.34. The summed E-state index contributed by atoms with van der Waals surface area (Å²) in [6.07, 6.45) is 1.52. The van der Waals surface area contributed by atoms with E-state index in [1.54, 1.807) is 4.88 Å². The summed E-state index contributed by atoms with van der Waals surface area (Å²) in [5.41, 5.74) is 0. The van der Waals surface area contributed by atoms with Gasteiger partial charge in [-0.05, 0) is 0 Å². The topological polar surface area (TPSA) is 0 Å². The van der Waals surface area contributed by atoms with Crippen LogP contribution in [0.1, 0.15) is 15.0 Å². The van der Waals surface area contributed by atoms with Crippen LogP contribution in [-0.4, -0.2) is 29.9 Å². The zero-order chi connectivity index (χ0) is 7.52. The molecule has 1 aromatic heterocycles. The van der Waals surface area contributed by atoms with Gasteiger partial charge >= 0.3 is 84.4 Å². The van der Waals surface area contributed by atoms with Gasteiger partial charge < -0.3 is 0 Å². The summed E-state index contributed by atoms with van der Waals surface area (Å²) in [7, 11) is 0. The predicted octanol–water partition coefficient (Wildman–Crippen LogP) is 2.40. The molecule has 60 valence electrons. The third-order valence-corrected chi connectivity index (χ3v) is 10.7. The average Bonchev–Trinajstić information content (AvgIpc) is 2.58. The molecule has 0 unspecified atom stereocenters. The van der Waals surface area contributed by atoms with Crippen LogP contribution in [0.15, 0.2) is 17.5 Å². The molecule has 0 aliphatic carbocycles. The van der Waals surface area contributed by atoms with Crippen LogP contribution in [0.25, 0.3) is 0 Å². The van der Waals surface area contributed by atoms with Crippen LogP contribution in [0.5, 0.6) is 0 Å². The SMILES string of the molecule is c1csc(C2[Se]CCC[Se]2)c1. The van der Waals surface area contributed by atoms with Crippen LogP contribution in [0.4, 0.5) is 0 Å². The molecule has 0 radical (unpaired) electrons. The molecule has 0 atom stereocenters. The van der Waals surface area contributed by atoms with E-state index in [1.165, 1.54) is 17.1 Å². The van der Waals surface area contributed by atoms with Crippen molar-refractivity contribution < 1.29 is 0 Å². The molecule has 0 amide bonds. The van der Waals surface area contributed by atoms with Crippen molar-refractivity contribution in [3.8, 4) is 0 Å². The fourth-order valence-electron chi connectivity index (χ4n) is 1.08. The summed E-state index contributed by atoms with van der Waals surface area (Å²) >= 11 is 3.83. The molecule has 0 aromatic carbocycles. The zero-order valence-corrected chi connectivity index (χ0v) is 10.4. The number of rotatable bonds is 1. The summed E-state index contributed by atoms with van der Waals surface area (Å²) in [5.74, 6) is 0. The third kappa shape index (κ3) is 2.10. The fraction of sp³-hybridized carbons (Fsp3) is 0.500. The molecular formula is C8H10SSe2. The Morgan fingerprint density at radius 3 is 2.82 bits per heavy atom. The summed E-state index contributed by atoms with van der Waals surface area (Å²) in [5, 5.41) is 5.27. The van der Waals surface area contributed by atoms with Crippen LogP contribution >= 0.6 is 11.3 Å². The van der Waals surface area contributed by atoms with E-state index in [9.17, 15) is 0 Å². The fourth-order valence-corrected chi connectivity index (χ4v) is 10.6. The van der Waals surface area contributed by atoms with Gasteiger partial charge in [0.2, 0.25) is 0 Å². The molecule has 0 spiro atoms. The van der Waals surface area contributed by atoms with Crippen molar-refractivity contribution in [1.82, 2.24) is 0 Å². The van der Waals surface area contributed by atoms with Crippen molar-refractivity contribution in [1.29, 1.82) is 0 Å². The predicted molar refractivity (Wildman–Crippen MR) is 52.8 cm³/mol. The maximum atomic E-state index is 2.32. The quantitative estimate of drug-likeness (QED) is 0.698. The molecule has 0 saturated carbocycles. The van der Waals surface area contributed by atoms with Crippen LogP contribution in [0.2, 0.25) is 10.6 Å². The van der Waals surface area contributed by atoms with E-state index in [0.717, 1.165) is 33.6 Å². The average molecular weight is 296 g/mol. The van der Waals surface area contributed by atoms with Gasteiger partial charge in [0.25, 0.3) is 0 Å². The van der Waals surface area contributed by atoms with Gasteiger partial charge in [-0.1, -0.05) is 0 Å². The van der Waals surface area contributed by atoms with Gasteiger partial charge in [-0.2, -0.15) is 0 Å². The summed E-state index contributed by atoms with van der Waals surface area (Å²) in [6, 6.07) is 4.52. The third-order valence-electron chi connectivity index (χ3n) is 1.60. The van der Waals surface area contributed by atoms with E-state index in [1.807, 2.05) is 11.3 Å². The molecule has 1 aliphatic heterocycles. The Morgan fingerprint density at radius 2 is 2.18 bits per heavy atom.